The molecule has 73 heavy (non-hydrogen) atoms. The Kier molecular flexibility index (Phi) is 25.1. The molecule has 2 atom stereocenters. The number of carbonyl (C=O) groups excluding carboxylic acids is 2. The maximum Gasteiger partial charge on any atom is 0.407 e. The smallest absolute Gasteiger partial charge is 0.407 e. The minimum Gasteiger partial charge on any atom is -0.458 e. The number of cyclic esters (lactones) is 1. The fourth-order valence-electron chi connectivity index (χ4n) is 10.8. The highest BCUT2D eigenvalue weighted by atomic mass is 19.1. The Balaban J connectivity index is 0.736. The largest absolute Gasteiger partial charge is 0.458 e. The van der Waals surface area contributed by atoms with Crippen LogP contribution in [0.1, 0.15) is 220 Å². The van der Waals surface area contributed by atoms with E-state index >= 15 is 4.39 Å². The van der Waals surface area contributed by atoms with Gasteiger partial charge in [-0.1, -0.05) is 155 Å². The predicted molar refractivity (Wildman–Crippen MR) is 281 cm³/mol. The quantitative estimate of drug-likeness (QED) is 0.00929. The van der Waals surface area contributed by atoms with Gasteiger partial charge < -0.3 is 24.5 Å². The lowest BCUT2D eigenvalue weighted by Gasteiger charge is -2.31. The maximum atomic E-state index is 15.3. The Morgan fingerprint density at radius 1 is 0.753 bits per heavy atom. The number of alkyl carbamates (subject to hydrolysis) is 1. The summed E-state index contributed by atoms with van der Waals surface area (Å²) < 4.78 is 27.8. The third kappa shape index (κ3) is 16.9. The first-order valence-corrected chi connectivity index (χ1v) is 27.6. The molecule has 2 aliphatic heterocycles. The summed E-state index contributed by atoms with van der Waals surface area (Å²) in [5.41, 5.74) is 28.6. The Hall–Kier alpha value is -4.23. The number of unbranched alkanes of at least 4 members (excludes halogenated alkanes) is 24. The fourth-order valence-corrected chi connectivity index (χ4v) is 10.8. The van der Waals surface area contributed by atoms with Crippen molar-refractivity contribution in [3.05, 3.63) is 61.7 Å². The van der Waals surface area contributed by atoms with Gasteiger partial charge in [-0.05, 0) is 61.8 Å². The Bertz CT molecular complexity index is 2250. The van der Waals surface area contributed by atoms with Crippen LogP contribution in [-0.4, -0.2) is 39.9 Å². The van der Waals surface area contributed by atoms with E-state index in [4.69, 9.17) is 20.3 Å². The molecule has 3 aromatic rings. The summed E-state index contributed by atoms with van der Waals surface area (Å²) in [6.07, 6.45) is 32.9. The molecule has 6 rings (SSSR count). The van der Waals surface area contributed by atoms with Crippen molar-refractivity contribution in [2.75, 3.05) is 13.2 Å². The first-order valence-electron chi connectivity index (χ1n) is 27.6. The van der Waals surface area contributed by atoms with Crippen molar-refractivity contribution in [2.45, 2.75) is 218 Å². The zero-order chi connectivity index (χ0) is 51.7. The van der Waals surface area contributed by atoms with Gasteiger partial charge in [0.25, 0.3) is 5.56 Å². The molecule has 0 bridgehead atoms. The molecule has 21 heteroatoms. The van der Waals surface area contributed by atoms with E-state index in [-0.39, 0.29) is 42.1 Å². The molecule has 14 N–H and O–H groups in total. The lowest BCUT2D eigenvalue weighted by molar-refractivity contribution is -0.172. The number of aromatic nitrogens is 2. The Labute approximate surface area is 430 Å². The van der Waals surface area contributed by atoms with Crippen molar-refractivity contribution in [1.82, 2.24) is 70.1 Å². The molecule has 1 amide bonds. The van der Waals surface area contributed by atoms with Crippen LogP contribution in [0.5, 0.6) is 0 Å². The van der Waals surface area contributed by atoms with E-state index in [1.165, 1.54) is 141 Å². The average Bonchev–Trinajstić information content (AvgIpc) is 3.76. The number of esters is 1. The first-order chi connectivity index (χ1) is 35.7. The van der Waals surface area contributed by atoms with Crippen LogP contribution in [0.3, 0.4) is 0 Å². The summed E-state index contributed by atoms with van der Waals surface area (Å²) >= 11 is 0. The van der Waals surface area contributed by atoms with Gasteiger partial charge >= 0.3 is 12.1 Å². The molecule has 20 nitrogen and oxygen atoms in total. The molecule has 0 radical (unpaired) electrons. The summed E-state index contributed by atoms with van der Waals surface area (Å²) in [5.74, 6) is 3.85. The first kappa shape index (κ1) is 58.0. The number of nitrogens with one attached hydrogen (secondary N) is 11. The maximum absolute atomic E-state index is 15.3. The highest BCUT2D eigenvalue weighted by molar-refractivity contribution is 5.93. The van der Waals surface area contributed by atoms with E-state index in [1.54, 1.807) is 24.5 Å². The van der Waals surface area contributed by atoms with Crippen molar-refractivity contribution >= 4 is 23.0 Å². The van der Waals surface area contributed by atoms with Gasteiger partial charge in [0, 0.05) is 29.1 Å². The number of nitrogens with zero attached hydrogens (tertiary/aromatic N) is 2. The van der Waals surface area contributed by atoms with Gasteiger partial charge in [0.1, 0.15) is 12.4 Å². The molecule has 0 saturated heterocycles. The monoisotopic (exact) mass is 1020 g/mol. The third-order valence-electron chi connectivity index (χ3n) is 14.9. The lowest BCUT2D eigenvalue weighted by atomic mass is 9.81. The van der Waals surface area contributed by atoms with Gasteiger partial charge in [-0.15, -0.1) is 0 Å². The van der Waals surface area contributed by atoms with Crippen LogP contribution in [0.25, 0.3) is 22.3 Å². The molecule has 1 aromatic carbocycles. The molecule has 1 aliphatic carbocycles. The van der Waals surface area contributed by atoms with Crippen LogP contribution >= 0.6 is 0 Å². The van der Waals surface area contributed by atoms with Gasteiger partial charge in [0.2, 0.25) is 0 Å². The number of halogens is 1. The highest BCUT2D eigenvalue weighted by Crippen LogP contribution is 2.46. The van der Waals surface area contributed by atoms with E-state index in [0.717, 1.165) is 54.3 Å². The Morgan fingerprint density at radius 2 is 1.27 bits per heavy atom. The number of amides is 1. The summed E-state index contributed by atoms with van der Waals surface area (Å²) in [6.45, 7) is 4.60. The van der Waals surface area contributed by atoms with Crippen LogP contribution in [0.15, 0.2) is 16.9 Å². The molecule has 0 fully saturated rings. The van der Waals surface area contributed by atoms with Crippen molar-refractivity contribution in [1.29, 1.82) is 0 Å². The zero-order valence-corrected chi connectivity index (χ0v) is 43.7. The normalized spacial score (nSPS) is 16.7. The number of aryl methyl sites for hydroxylation is 1. The van der Waals surface area contributed by atoms with E-state index in [2.05, 4.69) is 60.6 Å². The van der Waals surface area contributed by atoms with Crippen molar-refractivity contribution in [3.63, 3.8) is 0 Å². The number of aliphatic hydroxyl groups is 1. The molecular weight excluding hydrogens is 936 g/mol. The Morgan fingerprint density at radius 3 is 1.82 bits per heavy atom. The molecule has 0 saturated carbocycles. The molecule has 3 aliphatic rings. The number of benzene rings is 1. The van der Waals surface area contributed by atoms with Gasteiger partial charge in [-0.2, -0.15) is 49.8 Å². The topological polar surface area (TPSA) is 266 Å². The van der Waals surface area contributed by atoms with Crippen LogP contribution in [0, 0.1) is 12.7 Å². The molecule has 4 heterocycles. The van der Waals surface area contributed by atoms with Crippen LogP contribution in [0.4, 0.5) is 9.18 Å². The number of pyridine rings is 2. The second-order valence-electron chi connectivity index (χ2n) is 20.1. The van der Waals surface area contributed by atoms with Crippen LogP contribution < -0.4 is 72.0 Å². The molecule has 408 valence electrons. The van der Waals surface area contributed by atoms with Gasteiger partial charge in [-0.3, -0.25) is 10.6 Å². The van der Waals surface area contributed by atoms with Crippen molar-refractivity contribution < 1.29 is 28.6 Å². The second kappa shape index (κ2) is 31.6. The molecule has 0 unspecified atom stereocenters. The van der Waals surface area contributed by atoms with E-state index < -0.39 is 23.7 Å². The minimum absolute atomic E-state index is 0.0285. The SMILES string of the molecule is CC[C@@]1(O)C(=O)OCc2c1cc1n(c2=O)Cc2c-1nc1cc(F)c(C)c3c1c2[C@@H](NC(=O)OCCCCCCCCCCCCCCCCCCCCCCCCCCCNNNNNNNNNNN)CC3. The predicted octanol–water partition coefficient (Wildman–Crippen LogP) is 7.00. The fraction of sp³-hybridized carbons (Fsp3) is 0.692. The number of nitrogens with two attached hydrogens (primary N) is 1. The van der Waals surface area contributed by atoms with Crippen LogP contribution in [0.2, 0.25) is 0 Å². The lowest BCUT2D eigenvalue weighted by Crippen LogP contribution is -2.65. The van der Waals surface area contributed by atoms with Crippen molar-refractivity contribution in [3.8, 4) is 11.4 Å². The number of rotatable bonds is 39. The molecule has 2 aromatic heterocycles. The summed E-state index contributed by atoms with van der Waals surface area (Å²) in [6, 6.07) is 2.63. The van der Waals surface area contributed by atoms with Crippen molar-refractivity contribution in [2.24, 2.45) is 5.84 Å². The number of hydrogen-bond donors (Lipinski definition) is 13. The standard InChI is InChI=1S/C52H87FN14O6/c1-3-52(71)41-33-45-48-39(35-67(45)49(68)40(41)36-73-50(52)69)47-43(30-29-38-37(2)42(53)34-44(56-48)46(38)47)57-51(70)72-32-28-26-24-22-20-18-16-14-12-10-8-6-4-5-7-9-11-13-15-17-19-21-23-25-27-31-55-59-61-63-65-66-64-62-60-58-54/h33-34,43,55,58-66,71H,3-32,35-36,54H2,1-2H3,(H,57,70)/t43-,52-/m0/s1. The summed E-state index contributed by atoms with van der Waals surface area (Å²) in [5, 5.41) is 15.2. The second-order valence-corrected chi connectivity index (χ2v) is 20.1. The van der Waals surface area contributed by atoms with Gasteiger partial charge in [0.05, 0.1) is 41.7 Å². The number of fused-ring (bicyclic) bond motifs is 5. The third-order valence-corrected chi connectivity index (χ3v) is 14.9. The van der Waals surface area contributed by atoms with E-state index in [1.807, 2.05) is 0 Å². The number of hydrogen-bond acceptors (Lipinski definition) is 18. The molecular formula is C52H87FN14O6. The minimum atomic E-state index is -1.96. The zero-order valence-electron chi connectivity index (χ0n) is 43.7. The summed E-state index contributed by atoms with van der Waals surface area (Å²) in [4.78, 5) is 44.8. The van der Waals surface area contributed by atoms with Gasteiger partial charge in [-0.25, -0.2) is 24.4 Å². The highest BCUT2D eigenvalue weighted by Gasteiger charge is 2.46. The number of hydrazine groups is 10. The van der Waals surface area contributed by atoms with E-state index in [9.17, 15) is 19.5 Å². The number of carbonyl (C=O) groups is 2. The average molecular weight is 1020 g/mol. The van der Waals surface area contributed by atoms with Gasteiger partial charge in [0.15, 0.2) is 5.60 Å². The molecule has 0 spiro atoms. The number of ether oxygens (including phenoxy) is 2. The van der Waals surface area contributed by atoms with Crippen LogP contribution in [-0.2, 0) is 39.4 Å². The summed E-state index contributed by atoms with van der Waals surface area (Å²) in [7, 11) is 0. The van der Waals surface area contributed by atoms with E-state index in [0.29, 0.717) is 41.9 Å².